The van der Waals surface area contributed by atoms with Gasteiger partial charge in [0.1, 0.15) is 16.7 Å². The Labute approximate surface area is 390 Å². The normalized spacial score (nSPS) is 12.2. The Kier molecular flexibility index (Phi) is 8.90. The van der Waals surface area contributed by atoms with Gasteiger partial charge in [-0.25, -0.2) is 0 Å². The third-order valence-electron chi connectivity index (χ3n) is 13.1. The van der Waals surface area contributed by atoms with Gasteiger partial charge < -0.3 is 18.6 Å². The molecule has 0 amide bonds. The lowest BCUT2D eigenvalue weighted by Crippen LogP contribution is -2.37. The number of hydrogen-bond acceptors (Lipinski definition) is 6. The summed E-state index contributed by atoms with van der Waals surface area (Å²) in [6.07, 6.45) is 0. The molecule has 9 aromatic carbocycles. The highest BCUT2D eigenvalue weighted by Gasteiger charge is 2.25. The Bertz CT molecular complexity index is 4000. The Morgan fingerprint density at radius 2 is 1.03 bits per heavy atom. The van der Waals surface area contributed by atoms with E-state index in [0.717, 1.165) is 82.8 Å². The fraction of sp³-hybridized carbons (Fsp3) is 0.0508. The molecule has 0 aliphatic heterocycles. The molecule has 66 heavy (non-hydrogen) atoms. The van der Waals surface area contributed by atoms with Gasteiger partial charge >= 0.3 is 0 Å². The zero-order valence-corrected chi connectivity index (χ0v) is 39.2. The van der Waals surface area contributed by atoms with Gasteiger partial charge in [-0.3, -0.25) is 0 Å². The SMILES string of the molecule is C[Si](C)(C)c1ccc(N(c2cccc3c2sc2ccccc23)c2cccc3c2sc2oc4cc(-c5ccccc5N(c5ccccc5)c5ccc6oc7ccccc7c6c5)ccc4c23)cc1. The fourth-order valence-electron chi connectivity index (χ4n) is 9.86. The van der Waals surface area contributed by atoms with Crippen LogP contribution in [0.1, 0.15) is 0 Å². The Morgan fingerprint density at radius 1 is 0.394 bits per heavy atom. The molecule has 0 saturated carbocycles. The summed E-state index contributed by atoms with van der Waals surface area (Å²) >= 11 is 3.61. The minimum absolute atomic E-state index is 0.876. The fourth-order valence-corrected chi connectivity index (χ4v) is 13.4. The molecule has 7 heteroatoms. The van der Waals surface area contributed by atoms with Crippen molar-refractivity contribution in [3.8, 4) is 11.1 Å². The lowest BCUT2D eigenvalue weighted by molar-refractivity contribution is 0.669. The van der Waals surface area contributed by atoms with Crippen LogP contribution < -0.4 is 15.0 Å². The van der Waals surface area contributed by atoms with E-state index in [9.17, 15) is 0 Å². The summed E-state index contributed by atoms with van der Waals surface area (Å²) in [5.74, 6) is 0. The van der Waals surface area contributed by atoms with Crippen molar-refractivity contribution in [3.63, 3.8) is 0 Å². The van der Waals surface area contributed by atoms with Crippen molar-refractivity contribution in [3.05, 3.63) is 200 Å². The van der Waals surface area contributed by atoms with E-state index < -0.39 is 8.07 Å². The number of hydrogen-bond donors (Lipinski definition) is 0. The molecule has 0 N–H and O–H groups in total. The standard InChI is InChI=1S/C59H42N2O2S2Si/c1-66(2,3)41-31-28-39(29-32-41)61(50-23-13-20-45-44-19-9-12-26-55(44)64-57(45)50)51-24-14-21-47-56-46-33-27-37(35-54(46)63-59(56)65-58(47)51)42-17-7-10-22-49(42)60(38-15-5-4-6-16-38)40-30-34-53-48(36-40)43-18-8-11-25-52(43)62-53/h4-36H,1-3H3. The highest BCUT2D eigenvalue weighted by molar-refractivity contribution is 7.27. The van der Waals surface area contributed by atoms with Gasteiger partial charge in [-0.05, 0) is 90.5 Å². The molecule has 4 aromatic heterocycles. The van der Waals surface area contributed by atoms with Crippen LogP contribution >= 0.6 is 22.7 Å². The third kappa shape index (κ3) is 6.22. The van der Waals surface area contributed by atoms with Crippen LogP contribution in [0.5, 0.6) is 0 Å². The summed E-state index contributed by atoms with van der Waals surface area (Å²) in [6, 6.07) is 72.4. The van der Waals surface area contributed by atoms with Crippen LogP contribution in [0.3, 0.4) is 0 Å². The first-order chi connectivity index (χ1) is 32.4. The molecule has 0 fully saturated rings. The van der Waals surface area contributed by atoms with E-state index >= 15 is 0 Å². The molecule has 0 aliphatic rings. The Balaban J connectivity index is 0.953. The number of para-hydroxylation sites is 3. The largest absolute Gasteiger partial charge is 0.456 e. The van der Waals surface area contributed by atoms with Gasteiger partial charge in [-0.2, -0.15) is 0 Å². The van der Waals surface area contributed by atoms with Crippen molar-refractivity contribution in [2.75, 3.05) is 9.80 Å². The molecule has 13 aromatic rings. The predicted octanol–water partition coefficient (Wildman–Crippen LogP) is 18.2. The molecular formula is C59H42N2O2S2Si. The molecule has 0 unspecified atom stereocenters. The van der Waals surface area contributed by atoms with Gasteiger partial charge in [-0.15, -0.1) is 11.3 Å². The van der Waals surface area contributed by atoms with E-state index in [0.29, 0.717) is 0 Å². The van der Waals surface area contributed by atoms with E-state index in [1.807, 2.05) is 23.5 Å². The molecule has 0 atom stereocenters. The first kappa shape index (κ1) is 39.0. The lowest BCUT2D eigenvalue weighted by atomic mass is 10.00. The lowest BCUT2D eigenvalue weighted by Gasteiger charge is -2.28. The van der Waals surface area contributed by atoms with Crippen molar-refractivity contribution >= 4 is 144 Å². The van der Waals surface area contributed by atoms with Gasteiger partial charge in [0, 0.05) is 65.0 Å². The second kappa shape index (κ2) is 15.1. The number of rotatable bonds is 8. The molecular weight excluding hydrogens is 861 g/mol. The van der Waals surface area contributed by atoms with Crippen molar-refractivity contribution in [1.82, 2.24) is 0 Å². The number of anilines is 6. The van der Waals surface area contributed by atoms with Gasteiger partial charge in [-0.1, -0.05) is 151 Å². The minimum atomic E-state index is -1.51. The Hall–Kier alpha value is -7.42. The maximum atomic E-state index is 6.94. The van der Waals surface area contributed by atoms with Gasteiger partial charge in [0.15, 0.2) is 4.90 Å². The molecule has 4 heterocycles. The molecule has 0 saturated heterocycles. The third-order valence-corrected chi connectivity index (χ3v) is 17.4. The van der Waals surface area contributed by atoms with Crippen LogP contribution in [-0.4, -0.2) is 8.07 Å². The number of benzene rings is 9. The maximum Gasteiger partial charge on any atom is 0.190 e. The zero-order chi connectivity index (χ0) is 44.1. The van der Waals surface area contributed by atoms with E-state index in [4.69, 9.17) is 8.83 Å². The molecule has 0 radical (unpaired) electrons. The van der Waals surface area contributed by atoms with E-state index in [-0.39, 0.29) is 0 Å². The summed E-state index contributed by atoms with van der Waals surface area (Å²) in [7, 11) is -1.51. The second-order valence-electron chi connectivity index (χ2n) is 18.1. The Morgan fingerprint density at radius 3 is 1.85 bits per heavy atom. The summed E-state index contributed by atoms with van der Waals surface area (Å²) in [5.41, 5.74) is 11.5. The van der Waals surface area contributed by atoms with E-state index in [1.165, 1.54) is 41.1 Å². The molecule has 4 nitrogen and oxygen atoms in total. The molecule has 0 aliphatic carbocycles. The van der Waals surface area contributed by atoms with Crippen molar-refractivity contribution in [2.24, 2.45) is 0 Å². The van der Waals surface area contributed by atoms with Gasteiger partial charge in [0.05, 0.1) is 34.5 Å². The van der Waals surface area contributed by atoms with Crippen molar-refractivity contribution in [2.45, 2.75) is 19.6 Å². The minimum Gasteiger partial charge on any atom is -0.456 e. The summed E-state index contributed by atoms with van der Waals surface area (Å²) in [5, 5.41) is 9.70. The van der Waals surface area contributed by atoms with Gasteiger partial charge in [0.2, 0.25) is 0 Å². The molecule has 13 rings (SSSR count). The number of furan rings is 2. The van der Waals surface area contributed by atoms with Crippen LogP contribution in [0.4, 0.5) is 34.1 Å². The van der Waals surface area contributed by atoms with Crippen molar-refractivity contribution in [1.29, 1.82) is 0 Å². The average Bonchev–Trinajstić information content (AvgIpc) is 4.12. The topological polar surface area (TPSA) is 32.8 Å². The zero-order valence-electron chi connectivity index (χ0n) is 36.6. The highest BCUT2D eigenvalue weighted by Crippen LogP contribution is 2.51. The van der Waals surface area contributed by atoms with Crippen LogP contribution in [0.25, 0.3) is 84.6 Å². The smallest absolute Gasteiger partial charge is 0.190 e. The van der Waals surface area contributed by atoms with E-state index in [2.05, 4.69) is 217 Å². The summed E-state index contributed by atoms with van der Waals surface area (Å²) in [4.78, 5) is 5.75. The summed E-state index contributed by atoms with van der Waals surface area (Å²) in [6.45, 7) is 7.24. The van der Waals surface area contributed by atoms with Crippen molar-refractivity contribution < 1.29 is 8.83 Å². The molecule has 316 valence electrons. The molecule has 0 spiro atoms. The second-order valence-corrected chi connectivity index (χ2v) is 25.2. The quantitative estimate of drug-likeness (QED) is 0.142. The maximum absolute atomic E-state index is 6.94. The number of thiophene rings is 2. The summed E-state index contributed by atoms with van der Waals surface area (Å²) < 4.78 is 17.0. The predicted molar refractivity (Wildman–Crippen MR) is 287 cm³/mol. The van der Waals surface area contributed by atoms with Gasteiger partial charge in [0.25, 0.3) is 0 Å². The van der Waals surface area contributed by atoms with Crippen LogP contribution in [0.15, 0.2) is 209 Å². The average molecular weight is 903 g/mol. The van der Waals surface area contributed by atoms with Crippen LogP contribution in [-0.2, 0) is 0 Å². The number of nitrogens with zero attached hydrogens (tertiary/aromatic N) is 2. The highest BCUT2D eigenvalue weighted by atomic mass is 32.1. The van der Waals surface area contributed by atoms with Crippen LogP contribution in [0.2, 0.25) is 19.6 Å². The van der Waals surface area contributed by atoms with E-state index in [1.54, 1.807) is 11.3 Å². The van der Waals surface area contributed by atoms with Crippen LogP contribution in [0, 0.1) is 0 Å². The molecule has 0 bridgehead atoms. The monoisotopic (exact) mass is 902 g/mol. The number of fused-ring (bicyclic) bond motifs is 11. The first-order valence-electron chi connectivity index (χ1n) is 22.4. The first-order valence-corrected chi connectivity index (χ1v) is 27.5.